The number of hydrogen-bond donors (Lipinski definition) is 1. The van der Waals surface area contributed by atoms with E-state index in [0.717, 1.165) is 30.3 Å². The first-order valence-corrected chi connectivity index (χ1v) is 5.64. The fourth-order valence-electron chi connectivity index (χ4n) is 2.14. The number of para-hydroxylation sites is 1. The molecule has 1 aromatic heterocycles. The van der Waals surface area contributed by atoms with Crippen LogP contribution in [0.1, 0.15) is 24.4 Å². The quantitative estimate of drug-likeness (QED) is 0.847. The molecule has 1 aromatic carbocycles. The Hall–Kier alpha value is -1.55. The second-order valence-corrected chi connectivity index (χ2v) is 4.27. The van der Waals surface area contributed by atoms with Crippen LogP contribution in [0.2, 0.25) is 0 Å². The Kier molecular flexibility index (Phi) is 2.11. The van der Waals surface area contributed by atoms with Gasteiger partial charge in [0.15, 0.2) is 5.58 Å². The molecule has 84 valence electrons. The normalized spacial score (nSPS) is 15.8. The monoisotopic (exact) mass is 218 g/mol. The molecule has 1 aliphatic rings. The Balaban J connectivity index is 2.25. The van der Waals surface area contributed by atoms with Crippen molar-refractivity contribution in [2.75, 3.05) is 6.54 Å². The van der Waals surface area contributed by atoms with Gasteiger partial charge in [0.1, 0.15) is 0 Å². The van der Waals surface area contributed by atoms with Gasteiger partial charge >= 0.3 is 5.76 Å². The Morgan fingerprint density at radius 1 is 1.44 bits per heavy atom. The highest BCUT2D eigenvalue weighted by Crippen LogP contribution is 2.36. The third kappa shape index (κ3) is 1.38. The molecule has 0 radical (unpaired) electrons. The molecule has 1 heterocycles. The molecule has 3 rings (SSSR count). The standard InChI is InChI=1S/C12H14N2O2/c13-7-6-8-2-1-3-10-11(8)16-12(15)14(10)9-4-5-9/h1-3,9H,4-7,13H2. The van der Waals surface area contributed by atoms with Crippen LogP contribution in [0.5, 0.6) is 0 Å². The molecule has 4 heteroatoms. The summed E-state index contributed by atoms with van der Waals surface area (Å²) in [6.45, 7) is 0.567. The Morgan fingerprint density at radius 2 is 2.25 bits per heavy atom. The summed E-state index contributed by atoms with van der Waals surface area (Å²) in [5.41, 5.74) is 8.19. The summed E-state index contributed by atoms with van der Waals surface area (Å²) in [4.78, 5) is 11.7. The van der Waals surface area contributed by atoms with Crippen molar-refractivity contribution in [1.82, 2.24) is 4.57 Å². The van der Waals surface area contributed by atoms with Crippen LogP contribution in [0.25, 0.3) is 11.1 Å². The van der Waals surface area contributed by atoms with E-state index in [9.17, 15) is 4.79 Å². The molecule has 0 amide bonds. The van der Waals surface area contributed by atoms with Gasteiger partial charge in [0, 0.05) is 6.04 Å². The summed E-state index contributed by atoms with van der Waals surface area (Å²) in [5, 5.41) is 0. The summed E-state index contributed by atoms with van der Waals surface area (Å²) in [7, 11) is 0. The van der Waals surface area contributed by atoms with E-state index in [-0.39, 0.29) is 5.76 Å². The van der Waals surface area contributed by atoms with E-state index in [0.29, 0.717) is 18.2 Å². The van der Waals surface area contributed by atoms with Crippen LogP contribution in [0.3, 0.4) is 0 Å². The summed E-state index contributed by atoms with van der Waals surface area (Å²) in [5.74, 6) is -0.234. The molecule has 4 nitrogen and oxygen atoms in total. The lowest BCUT2D eigenvalue weighted by atomic mass is 10.1. The first-order chi connectivity index (χ1) is 7.81. The van der Waals surface area contributed by atoms with Crippen molar-refractivity contribution in [2.24, 2.45) is 5.73 Å². The van der Waals surface area contributed by atoms with Gasteiger partial charge in [-0.05, 0) is 37.4 Å². The van der Waals surface area contributed by atoms with Gasteiger partial charge in [-0.15, -0.1) is 0 Å². The molecule has 0 spiro atoms. The fraction of sp³-hybridized carbons (Fsp3) is 0.417. The number of oxazole rings is 1. The summed E-state index contributed by atoms with van der Waals surface area (Å²) < 4.78 is 7.11. The molecule has 1 fully saturated rings. The van der Waals surface area contributed by atoms with Gasteiger partial charge < -0.3 is 10.2 Å². The van der Waals surface area contributed by atoms with Crippen molar-refractivity contribution < 1.29 is 4.42 Å². The smallest absolute Gasteiger partial charge is 0.407 e. The van der Waals surface area contributed by atoms with Gasteiger partial charge in [-0.1, -0.05) is 12.1 Å². The highest BCUT2D eigenvalue weighted by molar-refractivity contribution is 5.77. The molecule has 0 aliphatic heterocycles. The highest BCUT2D eigenvalue weighted by Gasteiger charge is 2.28. The molecule has 16 heavy (non-hydrogen) atoms. The van der Waals surface area contributed by atoms with Crippen LogP contribution in [0.15, 0.2) is 27.4 Å². The van der Waals surface area contributed by atoms with Gasteiger partial charge in [-0.25, -0.2) is 4.79 Å². The number of hydrogen-bond acceptors (Lipinski definition) is 3. The third-order valence-corrected chi connectivity index (χ3v) is 3.05. The number of benzene rings is 1. The Labute approximate surface area is 92.7 Å². The second kappa shape index (κ2) is 3.49. The molecule has 0 saturated heterocycles. The van der Waals surface area contributed by atoms with Crippen LogP contribution in [-0.2, 0) is 6.42 Å². The molecule has 0 atom stereocenters. The number of nitrogens with zero attached hydrogens (tertiary/aromatic N) is 1. The molecular weight excluding hydrogens is 204 g/mol. The summed E-state index contributed by atoms with van der Waals surface area (Å²) in [6.07, 6.45) is 2.90. The van der Waals surface area contributed by atoms with Gasteiger partial charge in [-0.2, -0.15) is 0 Å². The minimum absolute atomic E-state index is 0.234. The van der Waals surface area contributed by atoms with Crippen LogP contribution in [0.4, 0.5) is 0 Å². The van der Waals surface area contributed by atoms with Gasteiger partial charge in [0.05, 0.1) is 5.52 Å². The number of fused-ring (bicyclic) bond motifs is 1. The van der Waals surface area contributed by atoms with E-state index in [4.69, 9.17) is 10.2 Å². The van der Waals surface area contributed by atoms with Crippen molar-refractivity contribution in [3.63, 3.8) is 0 Å². The summed E-state index contributed by atoms with van der Waals surface area (Å²) >= 11 is 0. The maximum Gasteiger partial charge on any atom is 0.420 e. The van der Waals surface area contributed by atoms with E-state index in [1.807, 2.05) is 18.2 Å². The molecule has 2 N–H and O–H groups in total. The maximum atomic E-state index is 11.7. The molecular formula is C12H14N2O2. The van der Waals surface area contributed by atoms with Gasteiger partial charge in [-0.3, -0.25) is 4.57 Å². The van der Waals surface area contributed by atoms with Crippen molar-refractivity contribution in [2.45, 2.75) is 25.3 Å². The maximum absolute atomic E-state index is 11.7. The lowest BCUT2D eigenvalue weighted by Gasteiger charge is -2.00. The molecule has 0 bridgehead atoms. The lowest BCUT2D eigenvalue weighted by Crippen LogP contribution is -2.11. The second-order valence-electron chi connectivity index (χ2n) is 4.27. The van der Waals surface area contributed by atoms with E-state index in [1.165, 1.54) is 0 Å². The molecule has 1 aliphatic carbocycles. The van der Waals surface area contributed by atoms with E-state index in [2.05, 4.69) is 0 Å². The Bertz CT molecular complexity index is 578. The van der Waals surface area contributed by atoms with Crippen LogP contribution < -0.4 is 11.5 Å². The predicted molar refractivity (Wildman–Crippen MR) is 61.5 cm³/mol. The predicted octanol–water partition coefficient (Wildman–Crippen LogP) is 1.43. The van der Waals surface area contributed by atoms with Gasteiger partial charge in [0.25, 0.3) is 0 Å². The average molecular weight is 218 g/mol. The van der Waals surface area contributed by atoms with Crippen molar-refractivity contribution in [1.29, 1.82) is 0 Å². The van der Waals surface area contributed by atoms with E-state index < -0.39 is 0 Å². The zero-order valence-corrected chi connectivity index (χ0v) is 8.98. The van der Waals surface area contributed by atoms with Gasteiger partial charge in [0.2, 0.25) is 0 Å². The van der Waals surface area contributed by atoms with Crippen LogP contribution >= 0.6 is 0 Å². The third-order valence-electron chi connectivity index (χ3n) is 3.05. The van der Waals surface area contributed by atoms with E-state index >= 15 is 0 Å². The molecule has 2 aromatic rings. The first kappa shape index (κ1) is 9.66. The van der Waals surface area contributed by atoms with Crippen molar-refractivity contribution in [3.8, 4) is 0 Å². The topological polar surface area (TPSA) is 61.2 Å². The number of rotatable bonds is 3. The largest absolute Gasteiger partial charge is 0.420 e. The number of aromatic nitrogens is 1. The van der Waals surface area contributed by atoms with Crippen LogP contribution in [0, 0.1) is 0 Å². The van der Waals surface area contributed by atoms with E-state index in [1.54, 1.807) is 4.57 Å². The summed E-state index contributed by atoms with van der Waals surface area (Å²) in [6, 6.07) is 6.22. The van der Waals surface area contributed by atoms with Crippen molar-refractivity contribution >= 4 is 11.1 Å². The minimum atomic E-state index is -0.234. The van der Waals surface area contributed by atoms with Crippen LogP contribution in [-0.4, -0.2) is 11.1 Å². The number of nitrogens with two attached hydrogens (primary N) is 1. The zero-order chi connectivity index (χ0) is 11.1. The highest BCUT2D eigenvalue weighted by atomic mass is 16.4. The average Bonchev–Trinajstić information content (AvgIpc) is 3.03. The Morgan fingerprint density at radius 3 is 2.94 bits per heavy atom. The minimum Gasteiger partial charge on any atom is -0.407 e. The van der Waals surface area contributed by atoms with Crippen molar-refractivity contribution in [3.05, 3.63) is 34.3 Å². The fourth-order valence-corrected chi connectivity index (χ4v) is 2.14. The first-order valence-electron chi connectivity index (χ1n) is 5.64. The SMILES string of the molecule is NCCc1cccc2c1oc(=O)n2C1CC1. The zero-order valence-electron chi connectivity index (χ0n) is 8.98. The molecule has 0 unspecified atom stereocenters. The lowest BCUT2D eigenvalue weighted by molar-refractivity contribution is 0.507. The molecule has 1 saturated carbocycles.